The van der Waals surface area contributed by atoms with Gasteiger partial charge in [0.05, 0.1) is 6.54 Å². The lowest BCUT2D eigenvalue weighted by atomic mass is 10.3. The van der Waals surface area contributed by atoms with Crippen LogP contribution >= 0.6 is 0 Å². The van der Waals surface area contributed by atoms with E-state index in [2.05, 4.69) is 20.4 Å². The SMILES string of the molecule is C=CC.CC.CCC(=O)CN.CCCCC. The summed E-state index contributed by atoms with van der Waals surface area (Å²) < 4.78 is 0. The average Bonchev–Trinajstić information content (AvgIpc) is 2.33. The van der Waals surface area contributed by atoms with E-state index in [1.165, 1.54) is 19.3 Å². The summed E-state index contributed by atoms with van der Waals surface area (Å²) in [5.41, 5.74) is 4.93. The molecule has 0 aliphatic heterocycles. The molecule has 0 fully saturated rings. The van der Waals surface area contributed by atoms with Crippen LogP contribution in [-0.4, -0.2) is 12.3 Å². The third-order valence-electron chi connectivity index (χ3n) is 1.33. The Morgan fingerprint density at radius 3 is 1.50 bits per heavy atom. The average molecular weight is 231 g/mol. The quantitative estimate of drug-likeness (QED) is 0.731. The Morgan fingerprint density at radius 2 is 1.50 bits per heavy atom. The molecule has 0 unspecified atom stereocenters. The second kappa shape index (κ2) is 36.7. The number of Topliss-reactive ketones (excluding diaryl/α,β-unsaturated/α-hetero) is 1. The van der Waals surface area contributed by atoms with Crippen LogP contribution in [-0.2, 0) is 4.79 Å². The number of allylic oxidation sites excluding steroid dienone is 1. The third-order valence-corrected chi connectivity index (χ3v) is 1.33. The summed E-state index contributed by atoms with van der Waals surface area (Å²) in [6.45, 7) is 15.7. The number of carbonyl (C=O) groups excluding carboxylic acids is 1. The van der Waals surface area contributed by atoms with Gasteiger partial charge in [0.2, 0.25) is 0 Å². The minimum Gasteiger partial charge on any atom is -0.324 e. The van der Waals surface area contributed by atoms with Gasteiger partial charge in [-0.25, -0.2) is 0 Å². The second-order valence-electron chi connectivity index (χ2n) is 2.86. The van der Waals surface area contributed by atoms with E-state index in [9.17, 15) is 4.79 Å². The van der Waals surface area contributed by atoms with Gasteiger partial charge >= 0.3 is 0 Å². The van der Waals surface area contributed by atoms with E-state index in [1.807, 2.05) is 20.8 Å². The van der Waals surface area contributed by atoms with Crippen molar-refractivity contribution in [1.82, 2.24) is 0 Å². The molecule has 0 rings (SSSR count). The number of nitrogens with two attached hydrogens (primary N) is 1. The van der Waals surface area contributed by atoms with Crippen LogP contribution in [0.3, 0.4) is 0 Å². The van der Waals surface area contributed by atoms with Gasteiger partial charge in [-0.3, -0.25) is 4.79 Å². The zero-order valence-corrected chi connectivity index (χ0v) is 12.3. The standard InChI is InChI=1S/C5H12.C4H9NO.C3H6.C2H6/c1-3-5-4-2;1-2-4(6)3-5;1-3-2;1-2/h3-5H2,1-2H3;2-3,5H2,1H3;3H,1H2,2H3;1-2H3. The van der Waals surface area contributed by atoms with Crippen molar-refractivity contribution in [2.45, 2.75) is 67.2 Å². The molecule has 0 spiro atoms. The van der Waals surface area contributed by atoms with E-state index < -0.39 is 0 Å². The molecule has 0 heterocycles. The highest BCUT2D eigenvalue weighted by atomic mass is 16.1. The van der Waals surface area contributed by atoms with Crippen molar-refractivity contribution in [1.29, 1.82) is 0 Å². The molecule has 0 saturated heterocycles. The minimum atomic E-state index is 0.120. The zero-order valence-electron chi connectivity index (χ0n) is 12.3. The summed E-state index contributed by atoms with van der Waals surface area (Å²) in [4.78, 5) is 10.1. The van der Waals surface area contributed by atoms with Gasteiger partial charge < -0.3 is 5.73 Å². The topological polar surface area (TPSA) is 43.1 Å². The van der Waals surface area contributed by atoms with Crippen molar-refractivity contribution < 1.29 is 4.79 Å². The molecule has 0 atom stereocenters. The molecule has 0 aromatic rings. The minimum absolute atomic E-state index is 0.120. The van der Waals surface area contributed by atoms with Crippen LogP contribution in [0, 0.1) is 0 Å². The highest BCUT2D eigenvalue weighted by Crippen LogP contribution is 1.88. The molecule has 100 valence electrons. The maximum Gasteiger partial charge on any atom is 0.146 e. The molecule has 16 heavy (non-hydrogen) atoms. The van der Waals surface area contributed by atoms with Gasteiger partial charge in [-0.2, -0.15) is 0 Å². The lowest BCUT2D eigenvalue weighted by molar-refractivity contribution is -0.117. The van der Waals surface area contributed by atoms with Crippen LogP contribution < -0.4 is 5.73 Å². The number of hydrogen-bond acceptors (Lipinski definition) is 2. The first-order chi connectivity index (χ1) is 7.64. The summed E-state index contributed by atoms with van der Waals surface area (Å²) in [5.74, 6) is 0.120. The van der Waals surface area contributed by atoms with Crippen LogP contribution in [0.5, 0.6) is 0 Å². The summed E-state index contributed by atoms with van der Waals surface area (Å²) in [6.07, 6.45) is 6.39. The molecular formula is C14H33NO. The summed E-state index contributed by atoms with van der Waals surface area (Å²) in [6, 6.07) is 0. The van der Waals surface area contributed by atoms with Gasteiger partial charge in [0.15, 0.2) is 0 Å². The molecule has 0 aromatic carbocycles. The van der Waals surface area contributed by atoms with E-state index in [-0.39, 0.29) is 12.3 Å². The maximum absolute atomic E-state index is 10.1. The molecule has 2 nitrogen and oxygen atoms in total. The molecule has 0 radical (unpaired) electrons. The predicted molar refractivity (Wildman–Crippen MR) is 76.8 cm³/mol. The first kappa shape index (κ1) is 24.6. The molecule has 0 aliphatic rings. The summed E-state index contributed by atoms with van der Waals surface area (Å²) in [7, 11) is 0. The van der Waals surface area contributed by atoms with Crippen molar-refractivity contribution in [3.05, 3.63) is 12.7 Å². The van der Waals surface area contributed by atoms with Crippen molar-refractivity contribution in [3.63, 3.8) is 0 Å². The maximum atomic E-state index is 10.1. The molecule has 2 N–H and O–H groups in total. The van der Waals surface area contributed by atoms with E-state index >= 15 is 0 Å². The van der Waals surface area contributed by atoms with E-state index in [1.54, 1.807) is 13.0 Å². The van der Waals surface area contributed by atoms with Gasteiger partial charge in [0.25, 0.3) is 0 Å². The van der Waals surface area contributed by atoms with E-state index in [0.717, 1.165) is 0 Å². The van der Waals surface area contributed by atoms with Gasteiger partial charge in [0, 0.05) is 6.42 Å². The first-order valence-electron chi connectivity index (χ1n) is 6.43. The number of carbonyl (C=O) groups is 1. The number of rotatable bonds is 4. The van der Waals surface area contributed by atoms with Crippen molar-refractivity contribution in [2.24, 2.45) is 5.73 Å². The Hall–Kier alpha value is -0.630. The molecule has 0 aromatic heterocycles. The van der Waals surface area contributed by atoms with Gasteiger partial charge in [-0.1, -0.05) is 60.0 Å². The van der Waals surface area contributed by atoms with Gasteiger partial charge in [0.1, 0.15) is 5.78 Å². The lowest BCUT2D eigenvalue weighted by Gasteiger charge is -1.82. The summed E-state index contributed by atoms with van der Waals surface area (Å²) in [5, 5.41) is 0. The normalized spacial score (nSPS) is 6.94. The Bertz CT molecular complexity index is 103. The highest BCUT2D eigenvalue weighted by molar-refractivity contribution is 5.79. The van der Waals surface area contributed by atoms with Gasteiger partial charge in [-0.15, -0.1) is 6.58 Å². The molecular weight excluding hydrogens is 198 g/mol. The number of hydrogen-bond donors (Lipinski definition) is 1. The smallest absolute Gasteiger partial charge is 0.146 e. The second-order valence-corrected chi connectivity index (χ2v) is 2.86. The van der Waals surface area contributed by atoms with Crippen LogP contribution in [0.25, 0.3) is 0 Å². The fourth-order valence-electron chi connectivity index (χ4n) is 0.498. The first-order valence-corrected chi connectivity index (χ1v) is 6.43. The van der Waals surface area contributed by atoms with Gasteiger partial charge in [-0.05, 0) is 6.92 Å². The monoisotopic (exact) mass is 231 g/mol. The Morgan fingerprint density at radius 1 is 1.19 bits per heavy atom. The van der Waals surface area contributed by atoms with Crippen molar-refractivity contribution in [3.8, 4) is 0 Å². The van der Waals surface area contributed by atoms with E-state index in [0.29, 0.717) is 6.42 Å². The van der Waals surface area contributed by atoms with Crippen LogP contribution in [0.4, 0.5) is 0 Å². The third kappa shape index (κ3) is 70.9. The largest absolute Gasteiger partial charge is 0.324 e. The number of unbranched alkanes of at least 4 members (excludes halogenated alkanes) is 2. The molecule has 0 bridgehead atoms. The van der Waals surface area contributed by atoms with E-state index in [4.69, 9.17) is 5.73 Å². The highest BCUT2D eigenvalue weighted by Gasteiger charge is 1.87. The Kier molecular flexibility index (Phi) is 56.3. The fraction of sp³-hybridized carbons (Fsp3) is 0.786. The molecule has 0 saturated carbocycles. The van der Waals surface area contributed by atoms with Crippen LogP contribution in [0.1, 0.15) is 67.2 Å². The van der Waals surface area contributed by atoms with Crippen molar-refractivity contribution >= 4 is 5.78 Å². The molecule has 0 amide bonds. The van der Waals surface area contributed by atoms with Crippen molar-refractivity contribution in [2.75, 3.05) is 6.54 Å². The van der Waals surface area contributed by atoms with Crippen LogP contribution in [0.15, 0.2) is 12.7 Å². The Balaban J connectivity index is -0.0000000653. The number of ketones is 1. The summed E-state index contributed by atoms with van der Waals surface area (Å²) >= 11 is 0. The molecule has 2 heteroatoms. The Labute approximate surface area is 103 Å². The fourth-order valence-corrected chi connectivity index (χ4v) is 0.498. The predicted octanol–water partition coefficient (Wildman–Crippen LogP) is 4.34. The lowest BCUT2D eigenvalue weighted by Crippen LogP contribution is -2.11. The van der Waals surface area contributed by atoms with Crippen LogP contribution in [0.2, 0.25) is 0 Å². The zero-order chi connectivity index (χ0) is 13.8. The molecule has 0 aliphatic carbocycles.